The van der Waals surface area contributed by atoms with Gasteiger partial charge in [-0.3, -0.25) is 4.57 Å². The molecule has 1 N–H and O–H groups in total. The van der Waals surface area contributed by atoms with E-state index in [0.29, 0.717) is 0 Å². The van der Waals surface area contributed by atoms with Gasteiger partial charge in [-0.2, -0.15) is 0 Å². The predicted molar refractivity (Wildman–Crippen MR) is 119 cm³/mol. The highest BCUT2D eigenvalue weighted by atomic mass is 31.2. The first kappa shape index (κ1) is 30.3. The number of rotatable bonds is 18. The van der Waals surface area contributed by atoms with Crippen LogP contribution >= 0.6 is 7.82 Å². The van der Waals surface area contributed by atoms with Gasteiger partial charge in [0.05, 0.1) is 27.7 Å². The lowest BCUT2D eigenvalue weighted by atomic mass is 10.0. The topological polar surface area (TPSA) is 69.6 Å². The van der Waals surface area contributed by atoms with Gasteiger partial charge in [-0.1, -0.05) is 96.8 Å². The molecular formula is C22H50NO4P. The lowest BCUT2D eigenvalue weighted by Crippen LogP contribution is -2.35. The van der Waals surface area contributed by atoms with E-state index in [-0.39, 0.29) is 0 Å². The lowest BCUT2D eigenvalue weighted by molar-refractivity contribution is -0.870. The molecule has 0 heterocycles. The van der Waals surface area contributed by atoms with Crippen molar-refractivity contribution in [1.82, 2.24) is 0 Å². The molecule has 172 valence electrons. The standard InChI is InChI=1S/C21H46N.CH5O4P/c1-5-6-7-8-9-10-11-12-13-14-15-16-17-18-19-20-21-22(2,3)4;1-5-6(2,3)4/h5-21H2,1-4H3;1H3,(H2,2,3,4)/q+1;/p-1. The maximum absolute atomic E-state index is 9.36. The summed E-state index contributed by atoms with van der Waals surface area (Å²) < 4.78 is 14.0. The van der Waals surface area contributed by atoms with Crippen LogP contribution in [0.1, 0.15) is 110 Å². The van der Waals surface area contributed by atoms with Gasteiger partial charge in [-0.05, 0) is 12.8 Å². The molecule has 28 heavy (non-hydrogen) atoms. The average molecular weight is 424 g/mol. The second-order valence-corrected chi connectivity index (χ2v) is 10.3. The minimum Gasteiger partial charge on any atom is -0.756 e. The van der Waals surface area contributed by atoms with Crippen LogP contribution in [0.25, 0.3) is 0 Å². The normalized spacial score (nSPS) is 13.7. The van der Waals surface area contributed by atoms with Crippen molar-refractivity contribution in [2.75, 3.05) is 34.8 Å². The second kappa shape index (κ2) is 20.3. The zero-order chi connectivity index (χ0) is 21.7. The van der Waals surface area contributed by atoms with E-state index < -0.39 is 7.82 Å². The number of phosphoric acid groups is 1. The molecule has 1 atom stereocenters. The monoisotopic (exact) mass is 423 g/mol. The van der Waals surface area contributed by atoms with Crippen molar-refractivity contribution in [2.45, 2.75) is 110 Å². The molecule has 0 aromatic heterocycles. The smallest absolute Gasteiger partial charge is 0.264 e. The summed E-state index contributed by atoms with van der Waals surface area (Å²) in [5.41, 5.74) is 0. The Morgan fingerprint density at radius 2 is 0.964 bits per heavy atom. The van der Waals surface area contributed by atoms with Gasteiger partial charge in [0.25, 0.3) is 7.82 Å². The van der Waals surface area contributed by atoms with Gasteiger partial charge < -0.3 is 18.8 Å². The Balaban J connectivity index is 0. The first-order valence-electron chi connectivity index (χ1n) is 11.5. The highest BCUT2D eigenvalue weighted by Gasteiger charge is 2.04. The van der Waals surface area contributed by atoms with E-state index in [1.807, 2.05) is 0 Å². The quantitative estimate of drug-likeness (QED) is 0.166. The van der Waals surface area contributed by atoms with Crippen molar-refractivity contribution in [2.24, 2.45) is 0 Å². The van der Waals surface area contributed by atoms with Crippen LogP contribution in [0.2, 0.25) is 0 Å². The molecule has 0 saturated carbocycles. The van der Waals surface area contributed by atoms with Crippen molar-refractivity contribution >= 4 is 7.82 Å². The fourth-order valence-electron chi connectivity index (χ4n) is 3.13. The third-order valence-electron chi connectivity index (χ3n) is 4.91. The van der Waals surface area contributed by atoms with Crippen LogP contribution in [0.3, 0.4) is 0 Å². The minimum absolute atomic E-state index is 0.883. The Morgan fingerprint density at radius 1 is 0.714 bits per heavy atom. The van der Waals surface area contributed by atoms with Crippen LogP contribution < -0.4 is 4.89 Å². The molecule has 0 radical (unpaired) electrons. The maximum atomic E-state index is 9.36. The van der Waals surface area contributed by atoms with E-state index in [9.17, 15) is 9.46 Å². The molecule has 0 spiro atoms. The molecule has 0 fully saturated rings. The molecule has 0 aromatic carbocycles. The van der Waals surface area contributed by atoms with Crippen LogP contribution in [0.4, 0.5) is 0 Å². The summed E-state index contributed by atoms with van der Waals surface area (Å²) in [6.45, 7) is 3.63. The Morgan fingerprint density at radius 3 is 1.18 bits per heavy atom. The van der Waals surface area contributed by atoms with Gasteiger partial charge in [0.2, 0.25) is 0 Å². The highest BCUT2D eigenvalue weighted by Crippen LogP contribution is 2.27. The van der Waals surface area contributed by atoms with Crippen molar-refractivity contribution in [3.8, 4) is 0 Å². The number of nitrogens with zero attached hydrogens (tertiary/aromatic N) is 1. The number of quaternary nitrogens is 1. The summed E-state index contributed by atoms with van der Waals surface area (Å²) in [6.07, 6.45) is 23.4. The molecule has 0 aliphatic carbocycles. The van der Waals surface area contributed by atoms with E-state index in [4.69, 9.17) is 4.89 Å². The van der Waals surface area contributed by atoms with E-state index in [0.717, 1.165) is 11.6 Å². The van der Waals surface area contributed by atoms with E-state index in [2.05, 4.69) is 32.6 Å². The fraction of sp³-hybridized carbons (Fsp3) is 1.00. The molecular weight excluding hydrogens is 373 g/mol. The molecule has 0 aliphatic heterocycles. The second-order valence-electron chi connectivity index (χ2n) is 8.97. The Bertz CT molecular complexity index is 353. The molecule has 0 saturated heterocycles. The Hall–Kier alpha value is 0.0700. The number of phosphoric ester groups is 1. The van der Waals surface area contributed by atoms with Crippen molar-refractivity contribution in [1.29, 1.82) is 0 Å². The summed E-state index contributed by atoms with van der Waals surface area (Å²) in [5, 5.41) is 0. The maximum Gasteiger partial charge on any atom is 0.264 e. The van der Waals surface area contributed by atoms with Gasteiger partial charge in [0.15, 0.2) is 0 Å². The Kier molecular flexibility index (Phi) is 22.0. The van der Waals surface area contributed by atoms with Crippen molar-refractivity contribution in [3.05, 3.63) is 0 Å². The van der Waals surface area contributed by atoms with Gasteiger partial charge >= 0.3 is 0 Å². The van der Waals surface area contributed by atoms with E-state index >= 15 is 0 Å². The first-order valence-corrected chi connectivity index (χ1v) is 13.0. The number of hydrogen-bond donors (Lipinski definition) is 1. The van der Waals surface area contributed by atoms with Crippen LogP contribution in [0.5, 0.6) is 0 Å². The van der Waals surface area contributed by atoms with Gasteiger partial charge in [-0.15, -0.1) is 0 Å². The summed E-state index contributed by atoms with van der Waals surface area (Å²) in [7, 11) is 3.38. The summed E-state index contributed by atoms with van der Waals surface area (Å²) in [6, 6.07) is 0. The molecule has 5 nitrogen and oxygen atoms in total. The van der Waals surface area contributed by atoms with Crippen LogP contribution in [0.15, 0.2) is 0 Å². The highest BCUT2D eigenvalue weighted by molar-refractivity contribution is 7.44. The molecule has 0 aliphatic rings. The van der Waals surface area contributed by atoms with Crippen LogP contribution in [-0.4, -0.2) is 44.2 Å². The van der Waals surface area contributed by atoms with Crippen LogP contribution in [-0.2, 0) is 9.09 Å². The molecule has 0 aromatic rings. The SMILES string of the molecule is CCCCCCCCCCCCCCCCCC[N+](C)(C)C.COP(=O)([O-])O. The first-order chi connectivity index (χ1) is 13.1. The largest absolute Gasteiger partial charge is 0.756 e. The minimum atomic E-state index is -4.40. The molecule has 6 heteroatoms. The molecule has 0 amide bonds. The molecule has 0 bridgehead atoms. The van der Waals surface area contributed by atoms with Crippen LogP contribution in [0, 0.1) is 0 Å². The number of unbranched alkanes of at least 4 members (excludes halogenated alkanes) is 15. The van der Waals surface area contributed by atoms with Gasteiger partial charge in [0.1, 0.15) is 0 Å². The van der Waals surface area contributed by atoms with Crippen molar-refractivity contribution in [3.63, 3.8) is 0 Å². The van der Waals surface area contributed by atoms with E-state index in [1.54, 1.807) is 0 Å². The average Bonchev–Trinajstić information content (AvgIpc) is 2.60. The fourth-order valence-corrected chi connectivity index (χ4v) is 3.13. The summed E-state index contributed by atoms with van der Waals surface area (Å²) in [5.74, 6) is 0. The van der Waals surface area contributed by atoms with E-state index in [1.165, 1.54) is 109 Å². The molecule has 1 unspecified atom stereocenters. The zero-order valence-electron chi connectivity index (χ0n) is 19.6. The van der Waals surface area contributed by atoms with Gasteiger partial charge in [0, 0.05) is 7.11 Å². The van der Waals surface area contributed by atoms with Crippen molar-refractivity contribution < 1.29 is 23.4 Å². The third kappa shape index (κ3) is 33.6. The third-order valence-corrected chi connectivity index (χ3v) is 5.37. The summed E-state index contributed by atoms with van der Waals surface area (Å²) in [4.78, 5) is 17.0. The molecule has 0 rings (SSSR count). The Labute approximate surface area is 176 Å². The van der Waals surface area contributed by atoms with Gasteiger partial charge in [-0.25, -0.2) is 0 Å². The predicted octanol–water partition coefficient (Wildman–Crippen LogP) is 6.05. The lowest BCUT2D eigenvalue weighted by Gasteiger charge is -2.23. The number of hydrogen-bond acceptors (Lipinski definition) is 3. The summed E-state index contributed by atoms with van der Waals surface area (Å²) >= 11 is 0. The zero-order valence-corrected chi connectivity index (χ0v) is 20.5.